The second-order valence-corrected chi connectivity index (χ2v) is 3.20. The molecule has 0 aromatic rings. The lowest BCUT2D eigenvalue weighted by atomic mass is 10.4. The SMILES string of the molecule is C=COCCOC(C)(C)OCCCl. The van der Waals surface area contributed by atoms with E-state index in [2.05, 4.69) is 6.58 Å². The Hall–Kier alpha value is -0.250. The molecular formula is C9H17ClO3. The van der Waals surface area contributed by atoms with E-state index in [-0.39, 0.29) is 0 Å². The maximum Gasteiger partial charge on any atom is 0.162 e. The van der Waals surface area contributed by atoms with Crippen LogP contribution in [0.3, 0.4) is 0 Å². The van der Waals surface area contributed by atoms with Crippen molar-refractivity contribution in [3.8, 4) is 0 Å². The number of ether oxygens (including phenoxy) is 3. The molecule has 0 rings (SSSR count). The molecule has 0 saturated carbocycles. The maximum absolute atomic E-state index is 5.47. The van der Waals surface area contributed by atoms with Gasteiger partial charge >= 0.3 is 0 Å². The third-order valence-electron chi connectivity index (χ3n) is 1.30. The van der Waals surface area contributed by atoms with E-state index >= 15 is 0 Å². The monoisotopic (exact) mass is 208 g/mol. The number of hydrogen-bond donors (Lipinski definition) is 0. The van der Waals surface area contributed by atoms with Gasteiger partial charge in [-0.2, -0.15) is 0 Å². The summed E-state index contributed by atoms with van der Waals surface area (Å²) in [4.78, 5) is 0. The third kappa shape index (κ3) is 8.09. The lowest BCUT2D eigenvalue weighted by Crippen LogP contribution is -2.30. The highest BCUT2D eigenvalue weighted by atomic mass is 35.5. The molecule has 4 heteroatoms. The van der Waals surface area contributed by atoms with Crippen LogP contribution in [-0.2, 0) is 14.2 Å². The molecule has 0 N–H and O–H groups in total. The second kappa shape index (κ2) is 7.18. The normalized spacial score (nSPS) is 11.3. The minimum Gasteiger partial charge on any atom is -0.499 e. The zero-order chi connectivity index (χ0) is 10.2. The van der Waals surface area contributed by atoms with Gasteiger partial charge in [0.1, 0.15) is 6.61 Å². The molecule has 0 aromatic carbocycles. The van der Waals surface area contributed by atoms with E-state index in [0.29, 0.717) is 25.7 Å². The van der Waals surface area contributed by atoms with Crippen LogP contribution < -0.4 is 0 Å². The van der Waals surface area contributed by atoms with Gasteiger partial charge in [0.25, 0.3) is 0 Å². The Labute approximate surface area is 84.6 Å². The van der Waals surface area contributed by atoms with Gasteiger partial charge < -0.3 is 14.2 Å². The molecule has 0 fully saturated rings. The minimum absolute atomic E-state index is 0.468. The molecule has 0 amide bonds. The number of rotatable bonds is 8. The summed E-state index contributed by atoms with van der Waals surface area (Å²) in [6.07, 6.45) is 1.38. The summed E-state index contributed by atoms with van der Waals surface area (Å²) in [6, 6.07) is 0. The van der Waals surface area contributed by atoms with Gasteiger partial charge in [-0.05, 0) is 13.8 Å². The summed E-state index contributed by atoms with van der Waals surface area (Å²) in [5, 5.41) is 0. The standard InChI is InChI=1S/C9H17ClO3/c1-4-11-7-8-13-9(2,3)12-6-5-10/h4H,1,5-8H2,2-3H3. The molecule has 0 radical (unpaired) electrons. The van der Waals surface area contributed by atoms with E-state index in [1.54, 1.807) is 0 Å². The van der Waals surface area contributed by atoms with Crippen molar-refractivity contribution in [2.45, 2.75) is 19.6 Å². The fraction of sp³-hybridized carbons (Fsp3) is 0.778. The molecular weight excluding hydrogens is 192 g/mol. The van der Waals surface area contributed by atoms with Gasteiger partial charge in [-0.25, -0.2) is 0 Å². The molecule has 0 spiro atoms. The van der Waals surface area contributed by atoms with E-state index in [9.17, 15) is 0 Å². The molecule has 0 aromatic heterocycles. The summed E-state index contributed by atoms with van der Waals surface area (Å²) in [5.74, 6) is -0.130. The van der Waals surface area contributed by atoms with Crippen molar-refractivity contribution in [3.63, 3.8) is 0 Å². The zero-order valence-electron chi connectivity index (χ0n) is 8.22. The van der Waals surface area contributed by atoms with Crippen molar-refractivity contribution >= 4 is 11.6 Å². The van der Waals surface area contributed by atoms with Crippen LogP contribution in [0.4, 0.5) is 0 Å². The first-order valence-corrected chi connectivity index (χ1v) is 4.72. The van der Waals surface area contributed by atoms with Gasteiger partial charge in [-0.15, -0.1) is 11.6 Å². The number of halogens is 1. The lowest BCUT2D eigenvalue weighted by molar-refractivity contribution is -0.213. The molecule has 0 heterocycles. The predicted molar refractivity (Wildman–Crippen MR) is 52.9 cm³/mol. The van der Waals surface area contributed by atoms with Crippen molar-refractivity contribution < 1.29 is 14.2 Å². The van der Waals surface area contributed by atoms with Crippen molar-refractivity contribution in [1.82, 2.24) is 0 Å². The number of alkyl halides is 1. The van der Waals surface area contributed by atoms with Gasteiger partial charge in [0, 0.05) is 5.88 Å². The Kier molecular flexibility index (Phi) is 7.04. The van der Waals surface area contributed by atoms with Crippen molar-refractivity contribution in [2.75, 3.05) is 25.7 Å². The van der Waals surface area contributed by atoms with Crippen LogP contribution in [-0.4, -0.2) is 31.5 Å². The summed E-state index contributed by atoms with van der Waals surface area (Å²) >= 11 is 5.47. The minimum atomic E-state index is -0.598. The fourth-order valence-electron chi connectivity index (χ4n) is 0.745. The van der Waals surface area contributed by atoms with Crippen LogP contribution in [0.2, 0.25) is 0 Å². The van der Waals surface area contributed by atoms with Gasteiger partial charge in [0.2, 0.25) is 0 Å². The Morgan fingerprint density at radius 3 is 2.38 bits per heavy atom. The fourth-order valence-corrected chi connectivity index (χ4v) is 0.822. The summed E-state index contributed by atoms with van der Waals surface area (Å²) in [7, 11) is 0. The zero-order valence-corrected chi connectivity index (χ0v) is 8.97. The molecule has 0 aliphatic rings. The van der Waals surface area contributed by atoms with E-state index in [1.165, 1.54) is 6.26 Å². The number of hydrogen-bond acceptors (Lipinski definition) is 3. The highest BCUT2D eigenvalue weighted by molar-refractivity contribution is 6.17. The molecule has 0 unspecified atom stereocenters. The summed E-state index contributed by atoms with van der Waals surface area (Å²) in [6.45, 7) is 8.54. The summed E-state index contributed by atoms with van der Waals surface area (Å²) < 4.78 is 15.6. The molecule has 3 nitrogen and oxygen atoms in total. The van der Waals surface area contributed by atoms with Crippen molar-refractivity contribution in [1.29, 1.82) is 0 Å². The molecule has 0 aliphatic carbocycles. The van der Waals surface area contributed by atoms with E-state index < -0.39 is 5.79 Å². The van der Waals surface area contributed by atoms with Gasteiger partial charge in [0.15, 0.2) is 5.79 Å². The first kappa shape index (κ1) is 12.8. The Morgan fingerprint density at radius 1 is 1.23 bits per heavy atom. The maximum atomic E-state index is 5.47. The van der Waals surface area contributed by atoms with Gasteiger partial charge in [0.05, 0.1) is 19.5 Å². The molecule has 78 valence electrons. The van der Waals surface area contributed by atoms with Crippen LogP contribution in [0.5, 0.6) is 0 Å². The van der Waals surface area contributed by atoms with Crippen LogP contribution in [0, 0.1) is 0 Å². The molecule has 0 bridgehead atoms. The molecule has 0 saturated heterocycles. The van der Waals surface area contributed by atoms with Gasteiger partial charge in [-0.3, -0.25) is 0 Å². The second-order valence-electron chi connectivity index (χ2n) is 2.82. The first-order valence-electron chi connectivity index (χ1n) is 4.19. The first-order chi connectivity index (χ1) is 6.12. The molecule has 0 atom stereocenters. The Balaban J connectivity index is 3.44. The highest BCUT2D eigenvalue weighted by Gasteiger charge is 2.17. The topological polar surface area (TPSA) is 27.7 Å². The summed E-state index contributed by atoms with van der Waals surface area (Å²) in [5.41, 5.74) is 0. The van der Waals surface area contributed by atoms with Crippen molar-refractivity contribution in [3.05, 3.63) is 12.8 Å². The van der Waals surface area contributed by atoms with E-state index in [0.717, 1.165) is 0 Å². The average Bonchev–Trinajstić information content (AvgIpc) is 2.09. The highest BCUT2D eigenvalue weighted by Crippen LogP contribution is 2.10. The smallest absolute Gasteiger partial charge is 0.162 e. The molecule has 0 aliphatic heterocycles. The van der Waals surface area contributed by atoms with E-state index in [4.69, 9.17) is 25.8 Å². The predicted octanol–water partition coefficient (Wildman–Crippen LogP) is 2.15. The molecule has 13 heavy (non-hydrogen) atoms. The van der Waals surface area contributed by atoms with Crippen LogP contribution in [0.25, 0.3) is 0 Å². The van der Waals surface area contributed by atoms with E-state index in [1.807, 2.05) is 13.8 Å². The Morgan fingerprint density at radius 2 is 1.85 bits per heavy atom. The van der Waals surface area contributed by atoms with Crippen molar-refractivity contribution in [2.24, 2.45) is 0 Å². The third-order valence-corrected chi connectivity index (χ3v) is 1.45. The van der Waals surface area contributed by atoms with Crippen LogP contribution in [0.15, 0.2) is 12.8 Å². The van der Waals surface area contributed by atoms with Crippen LogP contribution >= 0.6 is 11.6 Å². The quantitative estimate of drug-likeness (QED) is 0.265. The van der Waals surface area contributed by atoms with Crippen LogP contribution in [0.1, 0.15) is 13.8 Å². The average molecular weight is 209 g/mol. The Bertz CT molecular complexity index is 137. The lowest BCUT2D eigenvalue weighted by Gasteiger charge is -2.25. The van der Waals surface area contributed by atoms with Gasteiger partial charge in [-0.1, -0.05) is 6.58 Å². The largest absolute Gasteiger partial charge is 0.499 e.